The van der Waals surface area contributed by atoms with Crippen LogP contribution in [0, 0.1) is 0 Å². The second-order valence-electron chi connectivity index (χ2n) is 7.96. The minimum absolute atomic E-state index is 0.0606. The Morgan fingerprint density at radius 2 is 1.73 bits per heavy atom. The van der Waals surface area contributed by atoms with E-state index in [0.717, 1.165) is 11.1 Å². The van der Waals surface area contributed by atoms with Gasteiger partial charge in [-0.15, -0.1) is 0 Å². The Labute approximate surface area is 192 Å². The van der Waals surface area contributed by atoms with Crippen molar-refractivity contribution in [2.45, 2.75) is 25.6 Å². The van der Waals surface area contributed by atoms with Gasteiger partial charge in [-0.05, 0) is 11.6 Å². The van der Waals surface area contributed by atoms with E-state index in [0.29, 0.717) is 25.3 Å². The van der Waals surface area contributed by atoms with Crippen molar-refractivity contribution in [1.29, 1.82) is 0 Å². The van der Waals surface area contributed by atoms with Gasteiger partial charge in [0, 0.05) is 37.8 Å². The number of hydrogen-bond acceptors (Lipinski definition) is 5. The van der Waals surface area contributed by atoms with Crippen LogP contribution in [0.2, 0.25) is 0 Å². The maximum absolute atomic E-state index is 12.6. The standard InChI is InChI=1S/C25H27N5O3/c31-23(17-22-25(33)27-13-15-29(22)18-19-7-3-1-4-8-19)26-14-16-30-24(32)12-11-21(28-30)20-9-5-2-6-10-20/h1-12,22H,13-18H2,(H,26,31)(H,27,33). The number of piperazine rings is 1. The molecule has 8 nitrogen and oxygen atoms in total. The van der Waals surface area contributed by atoms with E-state index >= 15 is 0 Å². The van der Waals surface area contributed by atoms with Gasteiger partial charge in [-0.3, -0.25) is 19.3 Å². The lowest BCUT2D eigenvalue weighted by atomic mass is 10.1. The largest absolute Gasteiger partial charge is 0.354 e. The minimum Gasteiger partial charge on any atom is -0.354 e. The zero-order chi connectivity index (χ0) is 23.0. The fourth-order valence-corrected chi connectivity index (χ4v) is 3.91. The molecule has 1 saturated heterocycles. The summed E-state index contributed by atoms with van der Waals surface area (Å²) in [5, 5.41) is 10.1. The first-order valence-electron chi connectivity index (χ1n) is 11.1. The van der Waals surface area contributed by atoms with Crippen LogP contribution in [0.1, 0.15) is 12.0 Å². The first kappa shape index (κ1) is 22.4. The number of amides is 2. The van der Waals surface area contributed by atoms with Crippen molar-refractivity contribution >= 4 is 11.8 Å². The van der Waals surface area contributed by atoms with Gasteiger partial charge in [-0.1, -0.05) is 60.7 Å². The van der Waals surface area contributed by atoms with Crippen LogP contribution in [-0.2, 0) is 22.7 Å². The molecule has 8 heteroatoms. The lowest BCUT2D eigenvalue weighted by Gasteiger charge is -2.34. The summed E-state index contributed by atoms with van der Waals surface area (Å²) < 4.78 is 1.34. The Morgan fingerprint density at radius 3 is 2.48 bits per heavy atom. The van der Waals surface area contributed by atoms with Gasteiger partial charge < -0.3 is 10.6 Å². The minimum atomic E-state index is -0.527. The van der Waals surface area contributed by atoms with Gasteiger partial charge in [0.1, 0.15) is 0 Å². The zero-order valence-electron chi connectivity index (χ0n) is 18.3. The summed E-state index contributed by atoms with van der Waals surface area (Å²) in [6.45, 7) is 2.35. The molecular formula is C25H27N5O3. The molecule has 1 fully saturated rings. The van der Waals surface area contributed by atoms with E-state index in [2.05, 4.69) is 15.7 Å². The maximum atomic E-state index is 12.6. The Kier molecular flexibility index (Phi) is 7.26. The van der Waals surface area contributed by atoms with E-state index in [9.17, 15) is 14.4 Å². The highest BCUT2D eigenvalue weighted by molar-refractivity contribution is 5.88. The van der Waals surface area contributed by atoms with E-state index in [4.69, 9.17) is 0 Å². The number of hydrogen-bond donors (Lipinski definition) is 2. The lowest BCUT2D eigenvalue weighted by Crippen LogP contribution is -2.56. The molecule has 0 radical (unpaired) electrons. The normalized spacial score (nSPS) is 16.2. The molecule has 0 saturated carbocycles. The van der Waals surface area contributed by atoms with Gasteiger partial charge >= 0.3 is 0 Å². The molecule has 0 aliphatic carbocycles. The number of carbonyl (C=O) groups is 2. The van der Waals surface area contributed by atoms with Crippen LogP contribution in [0.4, 0.5) is 0 Å². The highest BCUT2D eigenvalue weighted by Gasteiger charge is 2.31. The summed E-state index contributed by atoms with van der Waals surface area (Å²) in [4.78, 5) is 39.3. The van der Waals surface area contributed by atoms with Crippen LogP contribution >= 0.6 is 0 Å². The quantitative estimate of drug-likeness (QED) is 0.547. The maximum Gasteiger partial charge on any atom is 0.266 e. The smallest absolute Gasteiger partial charge is 0.266 e. The number of aromatic nitrogens is 2. The Morgan fingerprint density at radius 1 is 1.00 bits per heavy atom. The monoisotopic (exact) mass is 445 g/mol. The highest BCUT2D eigenvalue weighted by atomic mass is 16.2. The number of benzene rings is 2. The molecule has 1 aliphatic heterocycles. The second kappa shape index (κ2) is 10.7. The van der Waals surface area contributed by atoms with Crippen molar-refractivity contribution in [3.05, 3.63) is 88.7 Å². The third kappa shape index (κ3) is 5.93. The van der Waals surface area contributed by atoms with Crippen LogP contribution < -0.4 is 16.2 Å². The van der Waals surface area contributed by atoms with Crippen LogP contribution in [-0.4, -0.2) is 52.2 Å². The van der Waals surface area contributed by atoms with Crippen molar-refractivity contribution in [1.82, 2.24) is 25.3 Å². The molecule has 2 aromatic carbocycles. The predicted molar refractivity (Wildman–Crippen MR) is 125 cm³/mol. The van der Waals surface area contributed by atoms with Crippen molar-refractivity contribution in [2.75, 3.05) is 19.6 Å². The van der Waals surface area contributed by atoms with E-state index in [1.807, 2.05) is 65.6 Å². The van der Waals surface area contributed by atoms with Crippen molar-refractivity contribution in [3.8, 4) is 11.3 Å². The molecule has 170 valence electrons. The highest BCUT2D eigenvalue weighted by Crippen LogP contribution is 2.15. The number of carbonyl (C=O) groups excluding carboxylic acids is 2. The third-order valence-corrected chi connectivity index (χ3v) is 5.63. The van der Waals surface area contributed by atoms with Crippen LogP contribution in [0.5, 0.6) is 0 Å². The van der Waals surface area contributed by atoms with E-state index in [1.165, 1.54) is 10.7 Å². The zero-order valence-corrected chi connectivity index (χ0v) is 18.3. The molecule has 33 heavy (non-hydrogen) atoms. The summed E-state index contributed by atoms with van der Waals surface area (Å²) >= 11 is 0. The van der Waals surface area contributed by atoms with E-state index in [-0.39, 0.29) is 36.9 Å². The first-order chi connectivity index (χ1) is 16.1. The van der Waals surface area contributed by atoms with Gasteiger partial charge in [0.15, 0.2) is 0 Å². The van der Waals surface area contributed by atoms with Gasteiger partial charge in [-0.2, -0.15) is 5.10 Å². The molecule has 1 aromatic heterocycles. The van der Waals surface area contributed by atoms with Crippen molar-refractivity contribution in [2.24, 2.45) is 0 Å². The molecule has 1 aliphatic rings. The summed E-state index contributed by atoms with van der Waals surface area (Å²) in [6, 6.07) is 22.1. The Balaban J connectivity index is 1.34. The van der Waals surface area contributed by atoms with E-state index in [1.54, 1.807) is 6.07 Å². The van der Waals surface area contributed by atoms with Gasteiger partial charge in [0.2, 0.25) is 11.8 Å². The first-order valence-corrected chi connectivity index (χ1v) is 11.1. The van der Waals surface area contributed by atoms with Crippen LogP contribution in [0.15, 0.2) is 77.6 Å². The summed E-state index contributed by atoms with van der Waals surface area (Å²) in [5.74, 6) is -0.372. The van der Waals surface area contributed by atoms with Gasteiger partial charge in [0.05, 0.1) is 24.7 Å². The topological polar surface area (TPSA) is 96.3 Å². The molecule has 3 aromatic rings. The average Bonchev–Trinajstić information content (AvgIpc) is 2.84. The third-order valence-electron chi connectivity index (χ3n) is 5.63. The van der Waals surface area contributed by atoms with Gasteiger partial charge in [0.25, 0.3) is 5.56 Å². The average molecular weight is 446 g/mol. The summed E-state index contributed by atoms with van der Waals surface area (Å²) in [5.41, 5.74) is 2.47. The Hall–Kier alpha value is -3.78. The number of rotatable bonds is 8. The lowest BCUT2D eigenvalue weighted by molar-refractivity contribution is -0.134. The summed E-state index contributed by atoms with van der Waals surface area (Å²) in [6.07, 6.45) is 0.0606. The van der Waals surface area contributed by atoms with Crippen LogP contribution in [0.25, 0.3) is 11.3 Å². The number of nitrogens with zero attached hydrogens (tertiary/aromatic N) is 3. The molecular weight excluding hydrogens is 418 g/mol. The van der Waals surface area contributed by atoms with Crippen molar-refractivity contribution < 1.29 is 9.59 Å². The summed E-state index contributed by atoms with van der Waals surface area (Å²) in [7, 11) is 0. The fourth-order valence-electron chi connectivity index (χ4n) is 3.91. The molecule has 1 atom stereocenters. The van der Waals surface area contributed by atoms with Crippen LogP contribution in [0.3, 0.4) is 0 Å². The van der Waals surface area contributed by atoms with Gasteiger partial charge in [-0.25, -0.2) is 4.68 Å². The molecule has 4 rings (SSSR count). The fraction of sp³-hybridized carbons (Fsp3) is 0.280. The predicted octanol–water partition coefficient (Wildman–Crippen LogP) is 1.42. The van der Waals surface area contributed by atoms with Crippen molar-refractivity contribution in [3.63, 3.8) is 0 Å². The molecule has 2 heterocycles. The molecule has 2 amide bonds. The van der Waals surface area contributed by atoms with E-state index < -0.39 is 6.04 Å². The SMILES string of the molecule is O=C(CC1C(=O)NCCN1Cc1ccccc1)NCCn1nc(-c2ccccc2)ccc1=O. The molecule has 1 unspecified atom stereocenters. The molecule has 0 spiro atoms. The molecule has 2 N–H and O–H groups in total. The molecule has 0 bridgehead atoms. The second-order valence-corrected chi connectivity index (χ2v) is 7.96. The number of nitrogens with one attached hydrogen (secondary N) is 2. The Bertz CT molecular complexity index is 1150.